The quantitative estimate of drug-likeness (QED) is 0.407. The van der Waals surface area contributed by atoms with Crippen molar-refractivity contribution >= 4 is 23.8 Å². The molecule has 1 aliphatic heterocycles. The molecule has 0 saturated carbocycles. The monoisotopic (exact) mass is 361 g/mol. The Kier molecular flexibility index (Phi) is 6.32. The van der Waals surface area contributed by atoms with Crippen LogP contribution in [0.5, 0.6) is 0 Å². The molecule has 1 saturated heterocycles. The normalized spacial score (nSPS) is 19.2. The molecule has 1 aromatic rings. The van der Waals surface area contributed by atoms with Crippen LogP contribution in [0.3, 0.4) is 0 Å². The Morgan fingerprint density at radius 3 is 2.58 bits per heavy atom. The molecule has 1 aliphatic rings. The van der Waals surface area contributed by atoms with Crippen molar-refractivity contribution in [2.45, 2.75) is 32.2 Å². The highest BCUT2D eigenvalue weighted by molar-refractivity contribution is 6.09. The number of benzene rings is 1. The minimum Gasteiger partial charge on any atom is -0.466 e. The van der Waals surface area contributed by atoms with Gasteiger partial charge in [-0.3, -0.25) is 19.3 Å². The van der Waals surface area contributed by atoms with Crippen molar-refractivity contribution in [3.63, 3.8) is 0 Å². The summed E-state index contributed by atoms with van der Waals surface area (Å²) >= 11 is 0. The highest BCUT2D eigenvalue weighted by atomic mass is 16.5. The van der Waals surface area contributed by atoms with Gasteiger partial charge in [-0.05, 0) is 25.8 Å². The molecule has 1 fully saturated rings. The summed E-state index contributed by atoms with van der Waals surface area (Å²) in [5.74, 6) is -1.26. The van der Waals surface area contributed by atoms with Crippen molar-refractivity contribution in [3.05, 3.63) is 35.9 Å². The third kappa shape index (κ3) is 4.38. The predicted molar refractivity (Wildman–Crippen MR) is 92.9 cm³/mol. The van der Waals surface area contributed by atoms with E-state index in [0.717, 1.165) is 4.90 Å². The lowest BCUT2D eigenvalue weighted by atomic mass is 9.92. The summed E-state index contributed by atoms with van der Waals surface area (Å²) < 4.78 is 4.79. The topological polar surface area (TPSA) is 105 Å². The largest absolute Gasteiger partial charge is 0.466 e. The van der Waals surface area contributed by atoms with Gasteiger partial charge in [0, 0.05) is 13.0 Å². The van der Waals surface area contributed by atoms with Gasteiger partial charge in [-0.1, -0.05) is 30.3 Å². The lowest BCUT2D eigenvalue weighted by molar-refractivity contribution is -0.143. The van der Waals surface area contributed by atoms with Crippen molar-refractivity contribution < 1.29 is 23.9 Å². The number of nitrogens with zero attached hydrogens (tertiary/aromatic N) is 1. The summed E-state index contributed by atoms with van der Waals surface area (Å²) in [6, 6.07) is 8.25. The summed E-state index contributed by atoms with van der Waals surface area (Å²) in [6.45, 7) is 3.54. The lowest BCUT2D eigenvalue weighted by Gasteiger charge is -2.22. The molecule has 0 spiro atoms. The van der Waals surface area contributed by atoms with E-state index in [1.54, 1.807) is 38.1 Å². The number of carbonyl (C=O) groups is 4. The highest BCUT2D eigenvalue weighted by Crippen LogP contribution is 2.28. The smallest absolute Gasteiger partial charge is 0.325 e. The van der Waals surface area contributed by atoms with E-state index >= 15 is 0 Å². The van der Waals surface area contributed by atoms with E-state index in [2.05, 4.69) is 10.6 Å². The molecule has 0 aliphatic carbocycles. The zero-order chi connectivity index (χ0) is 19.2. The van der Waals surface area contributed by atoms with Gasteiger partial charge in [0.15, 0.2) is 0 Å². The Bertz CT molecular complexity index is 691. The van der Waals surface area contributed by atoms with Crippen molar-refractivity contribution in [1.29, 1.82) is 0 Å². The van der Waals surface area contributed by atoms with Crippen LogP contribution >= 0.6 is 0 Å². The van der Waals surface area contributed by atoms with Gasteiger partial charge in [-0.2, -0.15) is 0 Å². The first kappa shape index (κ1) is 19.4. The maximum atomic E-state index is 12.7. The Balaban J connectivity index is 1.87. The first-order valence-corrected chi connectivity index (χ1v) is 8.50. The number of esters is 1. The molecule has 1 aromatic carbocycles. The minimum absolute atomic E-state index is 0.198. The van der Waals surface area contributed by atoms with Crippen LogP contribution in [-0.2, 0) is 24.7 Å². The molecule has 4 amide bonds. The first-order chi connectivity index (χ1) is 12.4. The molecule has 26 heavy (non-hydrogen) atoms. The molecule has 2 rings (SSSR count). The molecule has 1 heterocycles. The molecule has 8 heteroatoms. The molecule has 0 bridgehead atoms. The van der Waals surface area contributed by atoms with E-state index in [-0.39, 0.29) is 25.5 Å². The molecule has 140 valence electrons. The van der Waals surface area contributed by atoms with Gasteiger partial charge < -0.3 is 15.4 Å². The third-order valence-electron chi connectivity index (χ3n) is 4.11. The molecule has 0 unspecified atom stereocenters. The second-order valence-corrected chi connectivity index (χ2v) is 6.07. The van der Waals surface area contributed by atoms with Crippen LogP contribution in [0.2, 0.25) is 0 Å². The van der Waals surface area contributed by atoms with Crippen molar-refractivity contribution in [1.82, 2.24) is 15.5 Å². The Hall–Kier alpha value is -2.90. The number of hydrogen-bond acceptors (Lipinski definition) is 5. The maximum absolute atomic E-state index is 12.7. The summed E-state index contributed by atoms with van der Waals surface area (Å²) in [6.07, 6.45) is 0.621. The van der Waals surface area contributed by atoms with Gasteiger partial charge >= 0.3 is 12.0 Å². The molecule has 8 nitrogen and oxygen atoms in total. The summed E-state index contributed by atoms with van der Waals surface area (Å²) in [5.41, 5.74) is -0.543. The van der Waals surface area contributed by atoms with Crippen LogP contribution < -0.4 is 10.6 Å². The highest BCUT2D eigenvalue weighted by Gasteiger charge is 2.49. The zero-order valence-electron chi connectivity index (χ0n) is 14.9. The molecule has 2 N–H and O–H groups in total. The van der Waals surface area contributed by atoms with E-state index in [1.165, 1.54) is 0 Å². The van der Waals surface area contributed by atoms with Gasteiger partial charge in [0.2, 0.25) is 5.91 Å². The van der Waals surface area contributed by atoms with Crippen molar-refractivity contribution in [2.24, 2.45) is 0 Å². The number of hydrogen-bond donors (Lipinski definition) is 2. The number of ether oxygens (including phenoxy) is 1. The van der Waals surface area contributed by atoms with Crippen LogP contribution in [0, 0.1) is 0 Å². The maximum Gasteiger partial charge on any atom is 0.325 e. The summed E-state index contributed by atoms with van der Waals surface area (Å²) in [7, 11) is 0. The Morgan fingerprint density at radius 2 is 1.92 bits per heavy atom. The van der Waals surface area contributed by atoms with E-state index in [1.807, 2.05) is 6.07 Å². The molecule has 0 radical (unpaired) electrons. The number of rotatable bonds is 8. The Morgan fingerprint density at radius 1 is 1.23 bits per heavy atom. The van der Waals surface area contributed by atoms with Crippen LogP contribution in [0.15, 0.2) is 30.3 Å². The number of nitrogens with one attached hydrogen (secondary N) is 2. The third-order valence-corrected chi connectivity index (χ3v) is 4.11. The van der Waals surface area contributed by atoms with E-state index in [0.29, 0.717) is 18.6 Å². The molecule has 1 atom stereocenters. The van der Waals surface area contributed by atoms with Crippen molar-refractivity contribution in [3.8, 4) is 0 Å². The first-order valence-electron chi connectivity index (χ1n) is 8.50. The Labute approximate surface area is 151 Å². The zero-order valence-corrected chi connectivity index (χ0v) is 14.9. The fraction of sp³-hybridized carbons (Fsp3) is 0.444. The van der Waals surface area contributed by atoms with Gasteiger partial charge in [0.1, 0.15) is 12.1 Å². The second-order valence-electron chi connectivity index (χ2n) is 6.07. The van der Waals surface area contributed by atoms with E-state index in [9.17, 15) is 19.2 Å². The summed E-state index contributed by atoms with van der Waals surface area (Å²) in [4.78, 5) is 48.9. The SMILES string of the molecule is CCOC(=O)CCCNC(=O)CN1C(=O)N[C@](C)(c2ccccc2)C1=O. The molecular formula is C18H23N3O5. The molecule has 0 aromatic heterocycles. The summed E-state index contributed by atoms with van der Waals surface area (Å²) in [5, 5.41) is 5.24. The van der Waals surface area contributed by atoms with Gasteiger partial charge in [-0.15, -0.1) is 0 Å². The lowest BCUT2D eigenvalue weighted by Crippen LogP contribution is -2.43. The van der Waals surface area contributed by atoms with Crippen LogP contribution in [-0.4, -0.2) is 48.4 Å². The average molecular weight is 361 g/mol. The number of amides is 4. The van der Waals surface area contributed by atoms with Crippen LogP contribution in [0.1, 0.15) is 32.3 Å². The van der Waals surface area contributed by atoms with Crippen molar-refractivity contribution in [2.75, 3.05) is 19.7 Å². The van der Waals surface area contributed by atoms with Gasteiger partial charge in [0.25, 0.3) is 5.91 Å². The van der Waals surface area contributed by atoms with Crippen LogP contribution in [0.4, 0.5) is 4.79 Å². The fourth-order valence-corrected chi connectivity index (χ4v) is 2.70. The predicted octanol–water partition coefficient (Wildman–Crippen LogP) is 0.913. The van der Waals surface area contributed by atoms with E-state index < -0.39 is 23.4 Å². The second kappa shape index (κ2) is 8.46. The fourth-order valence-electron chi connectivity index (χ4n) is 2.70. The minimum atomic E-state index is -1.19. The van der Waals surface area contributed by atoms with E-state index in [4.69, 9.17) is 4.74 Å². The number of imide groups is 1. The standard InChI is InChI=1S/C18H23N3O5/c1-3-26-15(23)10-7-11-19-14(22)12-21-16(24)18(2,20-17(21)25)13-8-5-4-6-9-13/h4-6,8-9H,3,7,10-12H2,1-2H3,(H,19,22)(H,20,25)/t18-/m1/s1. The van der Waals surface area contributed by atoms with Gasteiger partial charge in [0.05, 0.1) is 6.61 Å². The van der Waals surface area contributed by atoms with Crippen LogP contribution in [0.25, 0.3) is 0 Å². The molecular weight excluding hydrogens is 338 g/mol. The number of urea groups is 1. The van der Waals surface area contributed by atoms with Gasteiger partial charge in [-0.25, -0.2) is 4.79 Å². The number of carbonyl (C=O) groups excluding carboxylic acids is 4. The average Bonchev–Trinajstić information content (AvgIpc) is 2.84.